The van der Waals surface area contributed by atoms with Crippen molar-refractivity contribution in [3.8, 4) is 0 Å². The Kier molecular flexibility index (Phi) is 3.69. The molecule has 2 aliphatic rings. The molecule has 0 spiro atoms. The molecule has 13 heavy (non-hydrogen) atoms. The first kappa shape index (κ1) is 9.55. The van der Waals surface area contributed by atoms with Crippen LogP contribution in [0, 0.1) is 11.8 Å². The van der Waals surface area contributed by atoms with Crippen LogP contribution < -0.4 is 0 Å². The van der Waals surface area contributed by atoms with E-state index in [1.54, 1.807) is 0 Å². The van der Waals surface area contributed by atoms with E-state index in [4.69, 9.17) is 0 Å². The Bertz CT molecular complexity index is 125. The summed E-state index contributed by atoms with van der Waals surface area (Å²) in [7, 11) is 0. The molecule has 0 heterocycles. The fourth-order valence-corrected chi connectivity index (χ4v) is 3.10. The van der Waals surface area contributed by atoms with Crippen LogP contribution in [0.2, 0.25) is 0 Å². The van der Waals surface area contributed by atoms with Gasteiger partial charge in [0.1, 0.15) is 0 Å². The first-order valence-electron chi connectivity index (χ1n) is 6.31. The molecular formula is C13H23. The van der Waals surface area contributed by atoms with E-state index < -0.39 is 0 Å². The summed E-state index contributed by atoms with van der Waals surface area (Å²) >= 11 is 0. The van der Waals surface area contributed by atoms with E-state index in [2.05, 4.69) is 0 Å². The zero-order chi connectivity index (χ0) is 8.93. The second-order valence-corrected chi connectivity index (χ2v) is 4.91. The third kappa shape index (κ3) is 2.72. The molecule has 0 saturated heterocycles. The smallest absolute Gasteiger partial charge is 0.0210 e. The Hall–Kier alpha value is 0. The summed E-state index contributed by atoms with van der Waals surface area (Å²) in [4.78, 5) is 0. The molecule has 0 aromatic carbocycles. The lowest BCUT2D eigenvalue weighted by Gasteiger charge is -2.24. The molecule has 2 fully saturated rings. The maximum Gasteiger partial charge on any atom is -0.0210 e. The Morgan fingerprint density at radius 3 is 1.77 bits per heavy atom. The van der Waals surface area contributed by atoms with Gasteiger partial charge in [-0.1, -0.05) is 44.9 Å². The van der Waals surface area contributed by atoms with Gasteiger partial charge >= 0.3 is 0 Å². The van der Waals surface area contributed by atoms with Crippen molar-refractivity contribution < 1.29 is 0 Å². The van der Waals surface area contributed by atoms with Crippen molar-refractivity contribution in [3.05, 3.63) is 5.92 Å². The minimum absolute atomic E-state index is 1.05. The van der Waals surface area contributed by atoms with Crippen LogP contribution in [-0.2, 0) is 0 Å². The van der Waals surface area contributed by atoms with E-state index in [-0.39, 0.29) is 0 Å². The highest BCUT2D eigenvalue weighted by atomic mass is 14.3. The standard InChI is InChI=1S/C13H23/c1-2-4-8-12(9-5-3-1)13-10-6-7-11-13/h13H,1-11H2. The molecule has 1 radical (unpaired) electrons. The van der Waals surface area contributed by atoms with Gasteiger partial charge in [-0.3, -0.25) is 0 Å². The van der Waals surface area contributed by atoms with Crippen LogP contribution in [0.15, 0.2) is 0 Å². The van der Waals surface area contributed by atoms with Crippen LogP contribution in [0.4, 0.5) is 0 Å². The first-order chi connectivity index (χ1) is 6.47. The van der Waals surface area contributed by atoms with E-state index >= 15 is 0 Å². The van der Waals surface area contributed by atoms with Gasteiger partial charge in [0.25, 0.3) is 0 Å². The molecule has 2 saturated carbocycles. The zero-order valence-corrected chi connectivity index (χ0v) is 8.86. The third-order valence-corrected chi connectivity index (χ3v) is 3.93. The quantitative estimate of drug-likeness (QED) is 0.556. The molecule has 2 aliphatic carbocycles. The molecule has 0 nitrogen and oxygen atoms in total. The topological polar surface area (TPSA) is 0 Å². The van der Waals surface area contributed by atoms with Gasteiger partial charge in [0.15, 0.2) is 0 Å². The predicted octanol–water partition coefficient (Wildman–Crippen LogP) is 4.50. The van der Waals surface area contributed by atoms with Crippen LogP contribution in [-0.4, -0.2) is 0 Å². The summed E-state index contributed by atoms with van der Waals surface area (Å²) in [5.74, 6) is 3.01. The molecule has 0 aromatic heterocycles. The SMILES string of the molecule is C1CCC[C](C2CCCC2)CCC1. The Morgan fingerprint density at radius 2 is 1.15 bits per heavy atom. The van der Waals surface area contributed by atoms with Crippen molar-refractivity contribution in [2.24, 2.45) is 5.92 Å². The van der Waals surface area contributed by atoms with Crippen LogP contribution in [0.1, 0.15) is 70.6 Å². The number of hydrogen-bond acceptors (Lipinski definition) is 0. The molecule has 0 bridgehead atoms. The fraction of sp³-hybridized carbons (Fsp3) is 0.923. The molecule has 0 amide bonds. The number of rotatable bonds is 1. The Morgan fingerprint density at radius 1 is 0.615 bits per heavy atom. The molecule has 2 rings (SSSR count). The molecule has 0 atom stereocenters. The molecule has 0 unspecified atom stereocenters. The number of hydrogen-bond donors (Lipinski definition) is 0. The third-order valence-electron chi connectivity index (χ3n) is 3.93. The second kappa shape index (κ2) is 5.02. The van der Waals surface area contributed by atoms with Gasteiger partial charge in [-0.25, -0.2) is 0 Å². The van der Waals surface area contributed by atoms with Crippen LogP contribution >= 0.6 is 0 Å². The summed E-state index contributed by atoms with van der Waals surface area (Å²) in [6, 6.07) is 0. The van der Waals surface area contributed by atoms with Gasteiger partial charge in [0.05, 0.1) is 0 Å². The molecule has 0 N–H and O–H groups in total. The normalized spacial score (nSPS) is 28.6. The van der Waals surface area contributed by atoms with Crippen molar-refractivity contribution in [1.29, 1.82) is 0 Å². The highest BCUT2D eigenvalue weighted by Gasteiger charge is 2.25. The summed E-state index contributed by atoms with van der Waals surface area (Å²) in [6.07, 6.45) is 16.5. The first-order valence-corrected chi connectivity index (χ1v) is 6.31. The summed E-state index contributed by atoms with van der Waals surface area (Å²) in [6.45, 7) is 0. The van der Waals surface area contributed by atoms with Gasteiger partial charge in [-0.2, -0.15) is 0 Å². The lowest BCUT2D eigenvalue weighted by molar-refractivity contribution is 0.432. The summed E-state index contributed by atoms with van der Waals surface area (Å²) in [5, 5.41) is 0. The van der Waals surface area contributed by atoms with Crippen LogP contribution in [0.3, 0.4) is 0 Å². The minimum Gasteiger partial charge on any atom is -0.0533 e. The van der Waals surface area contributed by atoms with Gasteiger partial charge in [-0.05, 0) is 37.5 Å². The molecule has 0 aliphatic heterocycles. The van der Waals surface area contributed by atoms with E-state index in [1.807, 2.05) is 5.92 Å². The lowest BCUT2D eigenvalue weighted by Crippen LogP contribution is -2.10. The molecule has 0 aromatic rings. The highest BCUT2D eigenvalue weighted by Crippen LogP contribution is 2.39. The van der Waals surface area contributed by atoms with Gasteiger partial charge in [-0.15, -0.1) is 0 Å². The van der Waals surface area contributed by atoms with Gasteiger partial charge in [0.2, 0.25) is 0 Å². The van der Waals surface area contributed by atoms with E-state index in [9.17, 15) is 0 Å². The molecular weight excluding hydrogens is 156 g/mol. The molecule has 75 valence electrons. The summed E-state index contributed by atoms with van der Waals surface area (Å²) in [5.41, 5.74) is 0. The fourth-order valence-electron chi connectivity index (χ4n) is 3.10. The lowest BCUT2D eigenvalue weighted by atomic mass is 9.81. The average Bonchev–Trinajstić information content (AvgIpc) is 2.55. The van der Waals surface area contributed by atoms with Crippen LogP contribution in [0.5, 0.6) is 0 Å². The van der Waals surface area contributed by atoms with Gasteiger partial charge < -0.3 is 0 Å². The van der Waals surface area contributed by atoms with E-state index in [1.165, 1.54) is 70.6 Å². The maximum absolute atomic E-state index is 1.96. The monoisotopic (exact) mass is 179 g/mol. The van der Waals surface area contributed by atoms with Crippen molar-refractivity contribution in [3.63, 3.8) is 0 Å². The summed E-state index contributed by atoms with van der Waals surface area (Å²) < 4.78 is 0. The zero-order valence-electron chi connectivity index (χ0n) is 8.86. The largest absolute Gasteiger partial charge is 0.0533 e. The van der Waals surface area contributed by atoms with Crippen LogP contribution in [0.25, 0.3) is 0 Å². The highest BCUT2D eigenvalue weighted by molar-refractivity contribution is 4.98. The van der Waals surface area contributed by atoms with Crippen molar-refractivity contribution in [2.75, 3.05) is 0 Å². The average molecular weight is 179 g/mol. The maximum atomic E-state index is 1.96. The van der Waals surface area contributed by atoms with Gasteiger partial charge in [0, 0.05) is 0 Å². The predicted molar refractivity (Wildman–Crippen MR) is 57.5 cm³/mol. The second-order valence-electron chi connectivity index (χ2n) is 4.91. The van der Waals surface area contributed by atoms with E-state index in [0.717, 1.165) is 5.92 Å². The minimum atomic E-state index is 1.05. The molecule has 0 heteroatoms. The van der Waals surface area contributed by atoms with E-state index in [0.29, 0.717) is 0 Å². The van der Waals surface area contributed by atoms with Crippen molar-refractivity contribution >= 4 is 0 Å². The van der Waals surface area contributed by atoms with Crippen molar-refractivity contribution in [2.45, 2.75) is 70.6 Å². The van der Waals surface area contributed by atoms with Crippen molar-refractivity contribution in [1.82, 2.24) is 0 Å². The Balaban J connectivity index is 1.80. The Labute approximate surface area is 83.1 Å².